The molecule has 4 saturated heterocycles. The maximum absolute atomic E-state index is 13.5. The number of amides is 3. The van der Waals surface area contributed by atoms with Gasteiger partial charge < -0.3 is 30.3 Å². The molecule has 11 heteroatoms. The van der Waals surface area contributed by atoms with E-state index in [2.05, 4.69) is 20.9 Å². The molecule has 3 amide bonds. The Balaban J connectivity index is 1.24. The van der Waals surface area contributed by atoms with Crippen molar-refractivity contribution in [1.29, 1.82) is 0 Å². The zero-order valence-corrected chi connectivity index (χ0v) is 21.2. The predicted molar refractivity (Wildman–Crippen MR) is 129 cm³/mol. The summed E-state index contributed by atoms with van der Waals surface area (Å²) in [5.74, 6) is -1.00. The van der Waals surface area contributed by atoms with Crippen molar-refractivity contribution in [2.24, 2.45) is 16.7 Å². The summed E-state index contributed by atoms with van der Waals surface area (Å²) >= 11 is 1.30. The molecule has 3 atom stereocenters. The first-order chi connectivity index (χ1) is 16.8. The molecular formula is C24H35N5O5S. The first kappa shape index (κ1) is 24.6. The van der Waals surface area contributed by atoms with Crippen molar-refractivity contribution in [2.75, 3.05) is 46.4 Å². The van der Waals surface area contributed by atoms with Gasteiger partial charge in [0.15, 0.2) is 0 Å². The number of ether oxygens (including phenoxy) is 2. The summed E-state index contributed by atoms with van der Waals surface area (Å²) in [6.07, 6.45) is 5.71. The molecule has 5 fully saturated rings. The number of likely N-dealkylation sites (N-methyl/N-ethyl adjacent to an activating group) is 1. The van der Waals surface area contributed by atoms with Crippen molar-refractivity contribution in [3.05, 3.63) is 16.6 Å². The number of hydrogen-bond acceptors (Lipinski definition) is 8. The fourth-order valence-corrected chi connectivity index (χ4v) is 6.56. The Morgan fingerprint density at radius 1 is 1.34 bits per heavy atom. The second-order valence-corrected chi connectivity index (χ2v) is 11.6. The minimum absolute atomic E-state index is 0.00484. The Morgan fingerprint density at radius 3 is 2.69 bits per heavy atom. The topological polar surface area (TPSA) is 122 Å². The van der Waals surface area contributed by atoms with Crippen LogP contribution in [0.25, 0.3) is 0 Å². The summed E-state index contributed by atoms with van der Waals surface area (Å²) < 4.78 is 12.1. The summed E-state index contributed by atoms with van der Waals surface area (Å²) in [5.41, 5.74) is 1.32. The fraction of sp³-hybridized carbons (Fsp3) is 0.750. The van der Waals surface area contributed by atoms with Gasteiger partial charge in [-0.2, -0.15) is 0 Å². The zero-order valence-electron chi connectivity index (χ0n) is 20.4. The number of nitrogens with one attached hydrogen (secondary N) is 3. The number of rotatable bonds is 8. The van der Waals surface area contributed by atoms with Gasteiger partial charge in [-0.05, 0) is 32.6 Å². The van der Waals surface area contributed by atoms with Gasteiger partial charge in [-0.25, -0.2) is 0 Å². The van der Waals surface area contributed by atoms with Crippen LogP contribution in [0.4, 0.5) is 0 Å². The highest BCUT2D eigenvalue weighted by atomic mass is 32.1. The van der Waals surface area contributed by atoms with Crippen LogP contribution >= 0.6 is 11.3 Å². The van der Waals surface area contributed by atoms with E-state index in [4.69, 9.17) is 9.47 Å². The van der Waals surface area contributed by atoms with E-state index in [1.807, 2.05) is 6.92 Å². The second-order valence-electron chi connectivity index (χ2n) is 10.7. The predicted octanol–water partition coefficient (Wildman–Crippen LogP) is 0.400. The number of aromatic nitrogens is 1. The van der Waals surface area contributed by atoms with E-state index in [1.54, 1.807) is 23.7 Å². The number of thiazole rings is 1. The third kappa shape index (κ3) is 4.71. The minimum atomic E-state index is -0.818. The highest BCUT2D eigenvalue weighted by Gasteiger charge is 2.55. The number of nitrogens with zero attached hydrogens (tertiary/aromatic N) is 2. The first-order valence-corrected chi connectivity index (χ1v) is 13.4. The van der Waals surface area contributed by atoms with Crippen molar-refractivity contribution >= 4 is 29.1 Å². The lowest BCUT2D eigenvalue weighted by molar-refractivity contribution is -0.155. The molecule has 1 aliphatic carbocycles. The Bertz CT molecular complexity index is 930. The molecule has 6 rings (SSSR count). The van der Waals surface area contributed by atoms with Crippen LogP contribution in [0.3, 0.4) is 0 Å². The molecule has 4 aliphatic heterocycles. The molecule has 1 spiro atoms. The van der Waals surface area contributed by atoms with Gasteiger partial charge in [0, 0.05) is 44.1 Å². The lowest BCUT2D eigenvalue weighted by Gasteiger charge is -2.46. The molecule has 5 heterocycles. The fourth-order valence-electron chi connectivity index (χ4n) is 5.97. The summed E-state index contributed by atoms with van der Waals surface area (Å²) in [6.45, 7) is 5.20. The Labute approximate surface area is 209 Å². The number of hydrogen-bond donors (Lipinski definition) is 3. The van der Waals surface area contributed by atoms with Crippen LogP contribution in [-0.2, 0) is 19.1 Å². The average molecular weight is 506 g/mol. The summed E-state index contributed by atoms with van der Waals surface area (Å²) in [7, 11) is 1.56. The molecule has 5 aliphatic rings. The van der Waals surface area contributed by atoms with Crippen LogP contribution in [0.1, 0.15) is 42.3 Å². The summed E-state index contributed by atoms with van der Waals surface area (Å²) in [5, 5.41) is 8.90. The highest BCUT2D eigenvalue weighted by Crippen LogP contribution is 2.43. The van der Waals surface area contributed by atoms with Gasteiger partial charge in [-0.3, -0.25) is 19.4 Å². The van der Waals surface area contributed by atoms with Crippen molar-refractivity contribution in [3.8, 4) is 0 Å². The summed E-state index contributed by atoms with van der Waals surface area (Å²) in [4.78, 5) is 45.6. The lowest BCUT2D eigenvalue weighted by atomic mass is 9.72. The van der Waals surface area contributed by atoms with Gasteiger partial charge >= 0.3 is 0 Å². The average Bonchev–Trinajstić information content (AvgIpc) is 3.55. The molecule has 192 valence electrons. The van der Waals surface area contributed by atoms with Gasteiger partial charge in [-0.15, -0.1) is 11.3 Å². The molecule has 1 saturated carbocycles. The van der Waals surface area contributed by atoms with E-state index in [-0.39, 0.29) is 28.6 Å². The molecule has 35 heavy (non-hydrogen) atoms. The third-order valence-electron chi connectivity index (χ3n) is 8.42. The maximum atomic E-state index is 13.5. The number of carbonyl (C=O) groups is 3. The number of carbonyl (C=O) groups excluding carboxylic acids is 3. The SMILES string of the molecule is CNC(=O)[C@H](NC(=O)[C@@H]1CN(C(=O)c2cncs2)CC12CNC2)[C@@H](C)OCC12CCC(CC1)OC2. The van der Waals surface area contributed by atoms with Gasteiger partial charge in [0.2, 0.25) is 11.8 Å². The summed E-state index contributed by atoms with van der Waals surface area (Å²) in [6, 6.07) is -0.818. The van der Waals surface area contributed by atoms with E-state index < -0.39 is 18.1 Å². The normalized spacial score (nSPS) is 30.5. The smallest absolute Gasteiger partial charge is 0.265 e. The Kier molecular flexibility index (Phi) is 6.86. The van der Waals surface area contributed by atoms with E-state index in [9.17, 15) is 14.4 Å². The van der Waals surface area contributed by atoms with Crippen molar-refractivity contribution in [3.63, 3.8) is 0 Å². The molecule has 0 radical (unpaired) electrons. The van der Waals surface area contributed by atoms with E-state index >= 15 is 0 Å². The van der Waals surface area contributed by atoms with Crippen LogP contribution in [0.5, 0.6) is 0 Å². The molecule has 0 unspecified atom stereocenters. The van der Waals surface area contributed by atoms with E-state index in [1.165, 1.54) is 11.3 Å². The van der Waals surface area contributed by atoms with Crippen molar-refractivity contribution in [1.82, 2.24) is 25.8 Å². The van der Waals surface area contributed by atoms with Crippen LogP contribution < -0.4 is 16.0 Å². The van der Waals surface area contributed by atoms with E-state index in [0.29, 0.717) is 50.4 Å². The van der Waals surface area contributed by atoms with Crippen LogP contribution in [0, 0.1) is 16.7 Å². The lowest BCUT2D eigenvalue weighted by Crippen LogP contribution is -2.62. The second kappa shape index (κ2) is 9.76. The van der Waals surface area contributed by atoms with Gasteiger partial charge in [-0.1, -0.05) is 0 Å². The zero-order chi connectivity index (χ0) is 24.6. The molecule has 2 bridgehead atoms. The van der Waals surface area contributed by atoms with Crippen LogP contribution in [-0.4, -0.2) is 92.3 Å². The van der Waals surface area contributed by atoms with Crippen molar-refractivity contribution < 1.29 is 23.9 Å². The van der Waals surface area contributed by atoms with Crippen LogP contribution in [0.2, 0.25) is 0 Å². The highest BCUT2D eigenvalue weighted by molar-refractivity contribution is 7.11. The molecule has 1 aromatic heterocycles. The first-order valence-electron chi connectivity index (χ1n) is 12.5. The third-order valence-corrected chi connectivity index (χ3v) is 9.18. The molecule has 0 aromatic carbocycles. The van der Waals surface area contributed by atoms with Crippen LogP contribution in [0.15, 0.2) is 11.7 Å². The molecule has 3 N–H and O–H groups in total. The Morgan fingerprint density at radius 2 is 2.11 bits per heavy atom. The molecular weight excluding hydrogens is 470 g/mol. The molecule has 1 aromatic rings. The maximum Gasteiger partial charge on any atom is 0.265 e. The quantitative estimate of drug-likeness (QED) is 0.468. The number of likely N-dealkylation sites (tertiary alicyclic amines) is 1. The molecule has 10 nitrogen and oxygen atoms in total. The standard InChI is InChI=1S/C24H35N5O5S/c1-15(33-12-23-5-3-16(4-6-23)34-13-23)19(21(31)25-2)28-20(30)17-8-29(11-24(17)9-27-10-24)22(32)18-7-26-14-35-18/h7,14-17,19,27H,3-6,8-13H2,1-2H3,(H,25,31)(H,28,30)/t15-,16?,17+,19-,23?/m1/s1. The Hall–Kier alpha value is -2.08. The van der Waals surface area contributed by atoms with Gasteiger partial charge in [0.05, 0.1) is 43.0 Å². The van der Waals surface area contributed by atoms with E-state index in [0.717, 1.165) is 25.7 Å². The minimum Gasteiger partial charge on any atom is -0.378 e. The van der Waals surface area contributed by atoms with Crippen molar-refractivity contribution in [2.45, 2.75) is 50.9 Å². The van der Waals surface area contributed by atoms with Gasteiger partial charge in [0.25, 0.3) is 5.91 Å². The largest absolute Gasteiger partial charge is 0.378 e. The number of fused-ring (bicyclic) bond motifs is 3. The monoisotopic (exact) mass is 505 g/mol. The van der Waals surface area contributed by atoms with Gasteiger partial charge in [0.1, 0.15) is 10.9 Å².